The minimum Gasteiger partial charge on any atom is -0.353 e. The molecule has 114 valence electrons. The van der Waals surface area contributed by atoms with Crippen LogP contribution in [0.1, 0.15) is 36.1 Å². The smallest absolute Gasteiger partial charge is 0.123 e. The zero-order valence-corrected chi connectivity index (χ0v) is 12.1. The lowest BCUT2D eigenvalue weighted by Gasteiger charge is -2.25. The molecule has 0 aromatic heterocycles. The summed E-state index contributed by atoms with van der Waals surface area (Å²) in [6.45, 7) is 0.977. The molecule has 0 N–H and O–H groups in total. The first-order valence-corrected chi connectivity index (χ1v) is 7.64. The van der Waals surface area contributed by atoms with E-state index < -0.39 is 0 Å². The highest BCUT2D eigenvalue weighted by Gasteiger charge is 2.45. The average molecular weight is 301 g/mol. The molecule has 4 rings (SSSR count). The maximum Gasteiger partial charge on any atom is 0.123 e. The molecule has 0 aliphatic carbocycles. The van der Waals surface area contributed by atoms with Gasteiger partial charge in [-0.1, -0.05) is 24.3 Å². The minimum atomic E-state index is -0.249. The topological polar surface area (TPSA) is 12.5 Å². The van der Waals surface area contributed by atoms with Crippen molar-refractivity contribution in [1.82, 2.24) is 4.90 Å². The van der Waals surface area contributed by atoms with Gasteiger partial charge >= 0.3 is 0 Å². The molecule has 0 amide bonds. The summed E-state index contributed by atoms with van der Waals surface area (Å²) in [5.41, 5.74) is 2.00. The van der Waals surface area contributed by atoms with Crippen molar-refractivity contribution in [2.75, 3.05) is 6.54 Å². The Balaban J connectivity index is 1.72. The van der Waals surface area contributed by atoms with Crippen molar-refractivity contribution in [3.63, 3.8) is 0 Å². The molecule has 3 atom stereocenters. The molecule has 2 aromatic carbocycles. The van der Waals surface area contributed by atoms with E-state index in [0.717, 1.165) is 30.5 Å². The first kappa shape index (κ1) is 13.9. The molecule has 2 heterocycles. The Labute approximate surface area is 128 Å². The number of hydrogen-bond acceptors (Lipinski definition) is 2. The van der Waals surface area contributed by atoms with Crippen LogP contribution in [-0.4, -0.2) is 17.7 Å². The van der Waals surface area contributed by atoms with Crippen LogP contribution in [0.4, 0.5) is 8.78 Å². The molecule has 2 aromatic rings. The van der Waals surface area contributed by atoms with Gasteiger partial charge in [0.1, 0.15) is 24.0 Å². The third-order valence-corrected chi connectivity index (χ3v) is 4.60. The lowest BCUT2D eigenvalue weighted by molar-refractivity contribution is 0.0173. The zero-order valence-electron chi connectivity index (χ0n) is 12.1. The van der Waals surface area contributed by atoms with E-state index in [2.05, 4.69) is 4.90 Å². The molecule has 4 heteroatoms. The normalized spacial score (nSPS) is 28.0. The highest BCUT2D eigenvalue weighted by molar-refractivity contribution is 5.29. The van der Waals surface area contributed by atoms with Gasteiger partial charge in [0.25, 0.3) is 0 Å². The van der Waals surface area contributed by atoms with Gasteiger partial charge in [-0.3, -0.25) is 4.90 Å². The van der Waals surface area contributed by atoms with Gasteiger partial charge in [0, 0.05) is 6.54 Å². The molecule has 22 heavy (non-hydrogen) atoms. The second-order valence-electron chi connectivity index (χ2n) is 5.94. The standard InChI is InChI=1S/C18H17F2NO/c19-14-7-3-12(4-8-14)17-18(13-5-9-15(20)10-6-13)22-16-2-1-11-21(16)17/h3-10,16-18H,1-2,11H2/t16?,17-,18-/m1/s1. The fraction of sp³-hybridized carbons (Fsp3) is 0.333. The van der Waals surface area contributed by atoms with Gasteiger partial charge in [-0.2, -0.15) is 0 Å². The minimum absolute atomic E-state index is 0.0542. The third kappa shape index (κ3) is 2.32. The van der Waals surface area contributed by atoms with E-state index in [-0.39, 0.29) is 30.0 Å². The van der Waals surface area contributed by atoms with E-state index in [1.807, 2.05) is 12.1 Å². The highest BCUT2D eigenvalue weighted by atomic mass is 19.1. The summed E-state index contributed by atoms with van der Waals surface area (Å²) in [7, 11) is 0. The molecule has 0 spiro atoms. The third-order valence-electron chi connectivity index (χ3n) is 4.60. The molecule has 0 saturated carbocycles. The van der Waals surface area contributed by atoms with Gasteiger partial charge in [0.05, 0.1) is 6.04 Å². The lowest BCUT2D eigenvalue weighted by atomic mass is 9.95. The van der Waals surface area contributed by atoms with Crippen molar-refractivity contribution < 1.29 is 13.5 Å². The van der Waals surface area contributed by atoms with Crippen molar-refractivity contribution in [1.29, 1.82) is 0 Å². The summed E-state index contributed by atoms with van der Waals surface area (Å²) in [6, 6.07) is 13.1. The van der Waals surface area contributed by atoms with Crippen LogP contribution in [-0.2, 0) is 4.74 Å². The van der Waals surface area contributed by atoms with E-state index in [9.17, 15) is 8.78 Å². The first-order chi connectivity index (χ1) is 10.7. The van der Waals surface area contributed by atoms with Gasteiger partial charge in [0.2, 0.25) is 0 Å². The molecule has 0 bridgehead atoms. The van der Waals surface area contributed by atoms with Crippen LogP contribution in [0.3, 0.4) is 0 Å². The Kier molecular flexibility index (Phi) is 3.43. The van der Waals surface area contributed by atoms with Gasteiger partial charge in [0.15, 0.2) is 0 Å². The van der Waals surface area contributed by atoms with Gasteiger partial charge in [-0.15, -0.1) is 0 Å². The maximum absolute atomic E-state index is 13.2. The Morgan fingerprint density at radius 2 is 1.45 bits per heavy atom. The van der Waals surface area contributed by atoms with E-state index >= 15 is 0 Å². The summed E-state index contributed by atoms with van der Waals surface area (Å²) in [6.07, 6.45) is 2.08. The van der Waals surface area contributed by atoms with E-state index in [1.54, 1.807) is 12.1 Å². The van der Waals surface area contributed by atoms with Crippen LogP contribution < -0.4 is 0 Å². The monoisotopic (exact) mass is 301 g/mol. The van der Waals surface area contributed by atoms with Crippen molar-refractivity contribution >= 4 is 0 Å². The molecule has 2 nitrogen and oxygen atoms in total. The molecule has 2 fully saturated rings. The second kappa shape index (κ2) is 5.45. The van der Waals surface area contributed by atoms with Gasteiger partial charge in [-0.25, -0.2) is 8.78 Å². The molecular weight excluding hydrogens is 284 g/mol. The van der Waals surface area contributed by atoms with Crippen LogP contribution in [0, 0.1) is 11.6 Å². The summed E-state index contributed by atoms with van der Waals surface area (Å²) in [5.74, 6) is -0.487. The van der Waals surface area contributed by atoms with Crippen LogP contribution in [0.5, 0.6) is 0 Å². The quantitative estimate of drug-likeness (QED) is 0.824. The molecule has 1 unspecified atom stereocenters. The fourth-order valence-electron chi connectivity index (χ4n) is 3.58. The average Bonchev–Trinajstić information content (AvgIpc) is 3.10. The Morgan fingerprint density at radius 1 is 0.864 bits per heavy atom. The predicted molar refractivity (Wildman–Crippen MR) is 79.1 cm³/mol. The lowest BCUT2D eigenvalue weighted by Crippen LogP contribution is -2.26. The molecule has 2 aliphatic heterocycles. The number of rotatable bonds is 2. The van der Waals surface area contributed by atoms with Crippen molar-refractivity contribution in [2.45, 2.75) is 31.2 Å². The summed E-state index contributed by atoms with van der Waals surface area (Å²) in [5, 5.41) is 0. The number of benzene rings is 2. The molecule has 0 radical (unpaired) electrons. The SMILES string of the molecule is Fc1ccc([C@H]2OC3CCCN3[C@@H]2c2ccc(F)cc2)cc1. The Bertz CT molecular complexity index is 656. The molecule has 2 aliphatic rings. The van der Waals surface area contributed by atoms with E-state index in [0.29, 0.717) is 0 Å². The van der Waals surface area contributed by atoms with Gasteiger partial charge in [-0.05, 0) is 48.2 Å². The van der Waals surface area contributed by atoms with Crippen molar-refractivity contribution in [3.8, 4) is 0 Å². The van der Waals surface area contributed by atoms with Crippen molar-refractivity contribution in [3.05, 3.63) is 71.3 Å². The largest absolute Gasteiger partial charge is 0.353 e. The van der Waals surface area contributed by atoms with Crippen LogP contribution in [0.2, 0.25) is 0 Å². The highest BCUT2D eigenvalue weighted by Crippen LogP contribution is 2.48. The summed E-state index contributed by atoms with van der Waals surface area (Å²) in [4.78, 5) is 2.33. The Morgan fingerprint density at radius 3 is 2.09 bits per heavy atom. The maximum atomic E-state index is 13.2. The van der Waals surface area contributed by atoms with E-state index in [4.69, 9.17) is 4.74 Å². The fourth-order valence-corrected chi connectivity index (χ4v) is 3.58. The zero-order chi connectivity index (χ0) is 15.1. The Hall–Kier alpha value is -1.78. The summed E-state index contributed by atoms with van der Waals surface area (Å²) < 4.78 is 32.6. The van der Waals surface area contributed by atoms with Gasteiger partial charge < -0.3 is 4.74 Å². The number of fused-ring (bicyclic) bond motifs is 1. The first-order valence-electron chi connectivity index (χ1n) is 7.64. The van der Waals surface area contributed by atoms with Crippen LogP contribution in [0.25, 0.3) is 0 Å². The number of hydrogen-bond donors (Lipinski definition) is 0. The van der Waals surface area contributed by atoms with Crippen LogP contribution in [0.15, 0.2) is 48.5 Å². The van der Waals surface area contributed by atoms with Crippen molar-refractivity contribution in [2.24, 2.45) is 0 Å². The molecule has 2 saturated heterocycles. The summed E-state index contributed by atoms with van der Waals surface area (Å²) >= 11 is 0. The van der Waals surface area contributed by atoms with Crippen LogP contribution >= 0.6 is 0 Å². The van der Waals surface area contributed by atoms with E-state index in [1.165, 1.54) is 24.3 Å². The number of halogens is 2. The number of nitrogens with zero attached hydrogens (tertiary/aromatic N) is 1. The number of ether oxygens (including phenoxy) is 1. The molecular formula is C18H17F2NO. The second-order valence-corrected chi connectivity index (χ2v) is 5.94. The predicted octanol–water partition coefficient (Wildman–Crippen LogP) is 4.20.